The first-order valence-electron chi connectivity index (χ1n) is 6.19. The van der Waals surface area contributed by atoms with Gasteiger partial charge in [0.1, 0.15) is 5.76 Å². The van der Waals surface area contributed by atoms with Crippen molar-refractivity contribution >= 4 is 0 Å². The minimum absolute atomic E-state index is 0.707. The Balaban J connectivity index is 1.62. The zero-order valence-electron chi connectivity index (χ0n) is 10.7. The van der Waals surface area contributed by atoms with E-state index in [0.717, 1.165) is 56.7 Å². The molecule has 0 spiro atoms. The maximum atomic E-state index is 5.50. The normalized spacial score (nSPS) is 17.5. The van der Waals surface area contributed by atoms with E-state index in [9.17, 15) is 0 Å². The van der Waals surface area contributed by atoms with Gasteiger partial charge in [-0.15, -0.1) is 0 Å². The number of morpholine rings is 1. The van der Waals surface area contributed by atoms with E-state index in [1.165, 1.54) is 0 Å². The summed E-state index contributed by atoms with van der Waals surface area (Å²) < 4.78 is 10.8. The summed E-state index contributed by atoms with van der Waals surface area (Å²) in [6, 6.07) is 0. The molecule has 5 heteroatoms. The molecule has 0 atom stereocenters. The molecule has 1 aliphatic heterocycles. The topological polar surface area (TPSA) is 50.5 Å². The molecule has 1 aromatic heterocycles. The molecule has 1 fully saturated rings. The van der Waals surface area contributed by atoms with Crippen molar-refractivity contribution in [2.75, 3.05) is 39.4 Å². The smallest absolute Gasteiger partial charge is 0.208 e. The monoisotopic (exact) mass is 239 g/mol. The lowest BCUT2D eigenvalue weighted by molar-refractivity contribution is 0.0383. The van der Waals surface area contributed by atoms with Gasteiger partial charge in [0.25, 0.3) is 0 Å². The minimum atomic E-state index is 0.707. The van der Waals surface area contributed by atoms with Crippen LogP contribution in [-0.2, 0) is 11.3 Å². The van der Waals surface area contributed by atoms with Crippen LogP contribution in [0.4, 0.5) is 0 Å². The van der Waals surface area contributed by atoms with Gasteiger partial charge in [0.2, 0.25) is 5.89 Å². The number of aromatic nitrogens is 1. The summed E-state index contributed by atoms with van der Waals surface area (Å²) in [7, 11) is 0. The first kappa shape index (κ1) is 12.5. The summed E-state index contributed by atoms with van der Waals surface area (Å²) in [5.74, 6) is 1.69. The lowest BCUT2D eigenvalue weighted by Crippen LogP contribution is -2.40. The molecule has 0 saturated carbocycles. The van der Waals surface area contributed by atoms with Crippen LogP contribution in [0.15, 0.2) is 4.42 Å². The maximum Gasteiger partial charge on any atom is 0.208 e. The van der Waals surface area contributed by atoms with Crippen molar-refractivity contribution in [3.63, 3.8) is 0 Å². The van der Waals surface area contributed by atoms with Gasteiger partial charge in [0.05, 0.1) is 25.5 Å². The van der Waals surface area contributed by atoms with Crippen LogP contribution in [0, 0.1) is 13.8 Å². The van der Waals surface area contributed by atoms with Crippen LogP contribution in [0.2, 0.25) is 0 Å². The molecular weight excluding hydrogens is 218 g/mol. The molecule has 1 aromatic rings. The largest absolute Gasteiger partial charge is 0.444 e. The van der Waals surface area contributed by atoms with Crippen LogP contribution in [0.1, 0.15) is 17.3 Å². The van der Waals surface area contributed by atoms with Gasteiger partial charge < -0.3 is 14.5 Å². The standard InChI is InChI=1S/C12H21N3O2/c1-10-11(2)17-12(14-10)9-13-3-4-15-5-7-16-8-6-15/h13H,3-9H2,1-2H3. The highest BCUT2D eigenvalue weighted by molar-refractivity contribution is 5.05. The first-order valence-corrected chi connectivity index (χ1v) is 6.19. The Kier molecular flexibility index (Phi) is 4.53. The van der Waals surface area contributed by atoms with E-state index in [-0.39, 0.29) is 0 Å². The van der Waals surface area contributed by atoms with Crippen LogP contribution in [0.5, 0.6) is 0 Å². The van der Waals surface area contributed by atoms with Gasteiger partial charge in [-0.1, -0.05) is 0 Å². The third-order valence-electron chi connectivity index (χ3n) is 3.06. The Morgan fingerprint density at radius 2 is 2.06 bits per heavy atom. The van der Waals surface area contributed by atoms with E-state index < -0.39 is 0 Å². The lowest BCUT2D eigenvalue weighted by atomic mass is 10.4. The third kappa shape index (κ3) is 3.80. The molecule has 96 valence electrons. The van der Waals surface area contributed by atoms with Crippen molar-refractivity contribution in [2.45, 2.75) is 20.4 Å². The molecule has 17 heavy (non-hydrogen) atoms. The summed E-state index contributed by atoms with van der Waals surface area (Å²) in [6.45, 7) is 10.4. The second-order valence-corrected chi connectivity index (χ2v) is 4.38. The number of hydrogen-bond acceptors (Lipinski definition) is 5. The predicted octanol–water partition coefficient (Wildman–Crippen LogP) is 0.713. The van der Waals surface area contributed by atoms with E-state index in [4.69, 9.17) is 9.15 Å². The van der Waals surface area contributed by atoms with E-state index in [1.807, 2.05) is 13.8 Å². The van der Waals surface area contributed by atoms with Gasteiger partial charge in [0.15, 0.2) is 0 Å². The van der Waals surface area contributed by atoms with Gasteiger partial charge in [-0.2, -0.15) is 0 Å². The van der Waals surface area contributed by atoms with Gasteiger partial charge in [-0.05, 0) is 13.8 Å². The van der Waals surface area contributed by atoms with E-state index in [0.29, 0.717) is 6.54 Å². The number of aryl methyl sites for hydroxylation is 2. The molecule has 5 nitrogen and oxygen atoms in total. The van der Waals surface area contributed by atoms with Crippen LogP contribution >= 0.6 is 0 Å². The Hall–Kier alpha value is -0.910. The molecule has 0 amide bonds. The number of oxazole rings is 1. The molecule has 0 aliphatic carbocycles. The number of hydrogen-bond donors (Lipinski definition) is 1. The molecule has 0 aromatic carbocycles. The number of nitrogens with one attached hydrogen (secondary N) is 1. The van der Waals surface area contributed by atoms with Gasteiger partial charge >= 0.3 is 0 Å². The van der Waals surface area contributed by atoms with E-state index in [2.05, 4.69) is 15.2 Å². The Labute approximate surface area is 102 Å². The SMILES string of the molecule is Cc1nc(CNCCN2CCOCC2)oc1C. The fraction of sp³-hybridized carbons (Fsp3) is 0.750. The minimum Gasteiger partial charge on any atom is -0.444 e. The average Bonchev–Trinajstić information content (AvgIpc) is 2.66. The van der Waals surface area contributed by atoms with Crippen LogP contribution in [0.25, 0.3) is 0 Å². The first-order chi connectivity index (χ1) is 8.25. The summed E-state index contributed by atoms with van der Waals surface area (Å²) in [6.07, 6.45) is 0. The number of rotatable bonds is 5. The second kappa shape index (κ2) is 6.14. The molecule has 1 saturated heterocycles. The third-order valence-corrected chi connectivity index (χ3v) is 3.06. The fourth-order valence-corrected chi connectivity index (χ4v) is 1.87. The highest BCUT2D eigenvalue weighted by Gasteiger charge is 2.09. The molecular formula is C12H21N3O2. The Bertz CT molecular complexity index is 326. The van der Waals surface area contributed by atoms with Crippen LogP contribution in [-0.4, -0.2) is 49.3 Å². The average molecular weight is 239 g/mol. The molecule has 1 aliphatic rings. The van der Waals surface area contributed by atoms with Gasteiger partial charge in [0, 0.05) is 26.2 Å². The van der Waals surface area contributed by atoms with Crippen molar-refractivity contribution in [1.82, 2.24) is 15.2 Å². The molecule has 2 heterocycles. The van der Waals surface area contributed by atoms with E-state index in [1.54, 1.807) is 0 Å². The summed E-state index contributed by atoms with van der Waals surface area (Å²) in [5.41, 5.74) is 0.981. The highest BCUT2D eigenvalue weighted by atomic mass is 16.5. The van der Waals surface area contributed by atoms with Crippen molar-refractivity contribution in [2.24, 2.45) is 0 Å². The molecule has 2 rings (SSSR count). The van der Waals surface area contributed by atoms with Gasteiger partial charge in [-0.25, -0.2) is 4.98 Å². The van der Waals surface area contributed by atoms with Crippen molar-refractivity contribution in [1.29, 1.82) is 0 Å². The predicted molar refractivity (Wildman–Crippen MR) is 64.9 cm³/mol. The van der Waals surface area contributed by atoms with Crippen molar-refractivity contribution in [3.05, 3.63) is 17.3 Å². The van der Waals surface area contributed by atoms with E-state index >= 15 is 0 Å². The fourth-order valence-electron chi connectivity index (χ4n) is 1.87. The summed E-state index contributed by atoms with van der Waals surface area (Å²) >= 11 is 0. The van der Waals surface area contributed by atoms with Gasteiger partial charge in [-0.3, -0.25) is 4.90 Å². The van der Waals surface area contributed by atoms with Crippen molar-refractivity contribution < 1.29 is 9.15 Å². The molecule has 1 N–H and O–H groups in total. The number of ether oxygens (including phenoxy) is 1. The Morgan fingerprint density at radius 3 is 2.71 bits per heavy atom. The number of nitrogens with zero attached hydrogens (tertiary/aromatic N) is 2. The van der Waals surface area contributed by atoms with Crippen LogP contribution in [0.3, 0.4) is 0 Å². The molecule has 0 unspecified atom stereocenters. The Morgan fingerprint density at radius 1 is 1.29 bits per heavy atom. The lowest BCUT2D eigenvalue weighted by Gasteiger charge is -2.26. The molecule has 0 bridgehead atoms. The maximum absolute atomic E-state index is 5.50. The highest BCUT2D eigenvalue weighted by Crippen LogP contribution is 2.07. The summed E-state index contributed by atoms with van der Waals surface area (Å²) in [4.78, 5) is 6.74. The second-order valence-electron chi connectivity index (χ2n) is 4.38. The quantitative estimate of drug-likeness (QED) is 0.767. The zero-order chi connectivity index (χ0) is 12.1. The zero-order valence-corrected chi connectivity index (χ0v) is 10.7. The van der Waals surface area contributed by atoms with Crippen molar-refractivity contribution in [3.8, 4) is 0 Å². The summed E-state index contributed by atoms with van der Waals surface area (Å²) in [5, 5.41) is 3.35. The molecule has 0 radical (unpaired) electrons. The van der Waals surface area contributed by atoms with Crippen LogP contribution < -0.4 is 5.32 Å².